The molecule has 2 aliphatic heterocycles. The molecule has 2 aromatic rings. The van der Waals surface area contributed by atoms with Gasteiger partial charge in [-0.05, 0) is 35.1 Å². The fourth-order valence-corrected chi connectivity index (χ4v) is 4.61. The van der Waals surface area contributed by atoms with Gasteiger partial charge >= 0.3 is 0 Å². The van der Waals surface area contributed by atoms with E-state index in [4.69, 9.17) is 19.5 Å². The number of ether oxygens (including phenoxy) is 2. The lowest BCUT2D eigenvalue weighted by Gasteiger charge is -2.13. The van der Waals surface area contributed by atoms with Gasteiger partial charge in [0.05, 0.1) is 18.5 Å². The van der Waals surface area contributed by atoms with Crippen molar-refractivity contribution in [1.29, 1.82) is 0 Å². The first kappa shape index (κ1) is 13.6. The quantitative estimate of drug-likeness (QED) is 0.845. The largest absolute Gasteiger partial charge is 0.470 e. The van der Waals surface area contributed by atoms with Crippen molar-refractivity contribution in [3.05, 3.63) is 70.8 Å². The number of aliphatic imine (C=N–C) groups is 2. The molecule has 0 spiro atoms. The van der Waals surface area contributed by atoms with Crippen LogP contribution in [-0.2, 0) is 22.3 Å². The molecule has 0 saturated heterocycles. The Bertz CT molecular complexity index is 857. The molecule has 2 heterocycles. The molecule has 0 radical (unpaired) electrons. The highest BCUT2D eigenvalue weighted by molar-refractivity contribution is 5.98. The molecular formula is C21H18N2O2. The van der Waals surface area contributed by atoms with E-state index in [-0.39, 0.29) is 24.3 Å². The highest BCUT2D eigenvalue weighted by Gasteiger charge is 2.42. The second kappa shape index (κ2) is 4.94. The first-order chi connectivity index (χ1) is 12.3. The van der Waals surface area contributed by atoms with Gasteiger partial charge in [-0.25, -0.2) is 9.98 Å². The van der Waals surface area contributed by atoms with E-state index < -0.39 is 0 Å². The Morgan fingerprint density at radius 1 is 0.720 bits per heavy atom. The summed E-state index contributed by atoms with van der Waals surface area (Å²) in [7, 11) is 0. The molecule has 0 fully saturated rings. The maximum Gasteiger partial charge on any atom is 0.193 e. The van der Waals surface area contributed by atoms with Gasteiger partial charge in [0.15, 0.2) is 11.8 Å². The Morgan fingerprint density at radius 3 is 1.72 bits per heavy atom. The molecule has 2 aromatic carbocycles. The topological polar surface area (TPSA) is 43.2 Å². The number of hydrogen-bond acceptors (Lipinski definition) is 4. The Kier molecular flexibility index (Phi) is 2.70. The zero-order valence-corrected chi connectivity index (χ0v) is 13.8. The summed E-state index contributed by atoms with van der Waals surface area (Å²) in [5.74, 6) is 1.55. The van der Waals surface area contributed by atoms with Crippen LogP contribution in [0.15, 0.2) is 58.5 Å². The van der Waals surface area contributed by atoms with Crippen molar-refractivity contribution in [2.45, 2.75) is 43.6 Å². The summed E-state index contributed by atoms with van der Waals surface area (Å²) >= 11 is 0. The van der Waals surface area contributed by atoms with Gasteiger partial charge in [-0.2, -0.15) is 0 Å². The van der Waals surface area contributed by atoms with Gasteiger partial charge in [0.1, 0.15) is 12.2 Å². The molecular weight excluding hydrogens is 312 g/mol. The van der Waals surface area contributed by atoms with E-state index >= 15 is 0 Å². The molecule has 25 heavy (non-hydrogen) atoms. The first-order valence-corrected chi connectivity index (χ1v) is 8.97. The summed E-state index contributed by atoms with van der Waals surface area (Å²) in [4.78, 5) is 9.60. The summed E-state index contributed by atoms with van der Waals surface area (Å²) in [6, 6.07) is 17.4. The van der Waals surface area contributed by atoms with Crippen molar-refractivity contribution in [2.75, 3.05) is 0 Å². The Hall–Kier alpha value is -2.62. The highest BCUT2D eigenvalue weighted by atomic mass is 16.5. The van der Waals surface area contributed by atoms with Gasteiger partial charge in [0.2, 0.25) is 0 Å². The molecule has 0 N–H and O–H groups in total. The predicted molar refractivity (Wildman–Crippen MR) is 95.0 cm³/mol. The van der Waals surface area contributed by atoms with Gasteiger partial charge < -0.3 is 9.47 Å². The van der Waals surface area contributed by atoms with E-state index in [1.807, 2.05) is 0 Å². The van der Waals surface area contributed by atoms with Crippen molar-refractivity contribution in [2.24, 2.45) is 9.98 Å². The van der Waals surface area contributed by atoms with Gasteiger partial charge in [-0.1, -0.05) is 48.5 Å². The molecule has 0 amide bonds. The minimum absolute atomic E-state index is 0.0772. The van der Waals surface area contributed by atoms with E-state index in [1.54, 1.807) is 0 Å². The summed E-state index contributed by atoms with van der Waals surface area (Å²) in [5.41, 5.74) is 5.29. The van der Waals surface area contributed by atoms with Crippen LogP contribution in [0.1, 0.15) is 40.9 Å². The number of rotatable bonds is 2. The lowest BCUT2D eigenvalue weighted by molar-refractivity contribution is 0.194. The fourth-order valence-electron chi connectivity index (χ4n) is 4.61. The average Bonchev–Trinajstić information content (AvgIpc) is 3.33. The van der Waals surface area contributed by atoms with E-state index in [2.05, 4.69) is 48.5 Å². The molecule has 2 aliphatic carbocycles. The van der Waals surface area contributed by atoms with Gasteiger partial charge in [-0.3, -0.25) is 0 Å². The predicted octanol–water partition coefficient (Wildman–Crippen LogP) is 3.57. The lowest BCUT2D eigenvalue weighted by Crippen LogP contribution is -2.12. The summed E-state index contributed by atoms with van der Waals surface area (Å²) < 4.78 is 12.3. The average molecular weight is 330 g/mol. The van der Waals surface area contributed by atoms with Crippen LogP contribution < -0.4 is 0 Å². The Balaban J connectivity index is 1.19. The van der Waals surface area contributed by atoms with Crippen LogP contribution in [0, 0.1) is 0 Å². The third-order valence-electron chi connectivity index (χ3n) is 5.73. The highest BCUT2D eigenvalue weighted by Crippen LogP contribution is 2.42. The smallest absolute Gasteiger partial charge is 0.193 e. The van der Waals surface area contributed by atoms with Crippen LogP contribution in [0.4, 0.5) is 0 Å². The summed E-state index contributed by atoms with van der Waals surface area (Å²) in [6.07, 6.45) is 2.67. The monoisotopic (exact) mass is 330 g/mol. The molecule has 0 bridgehead atoms. The van der Waals surface area contributed by atoms with Crippen molar-refractivity contribution < 1.29 is 9.47 Å². The van der Waals surface area contributed by atoms with E-state index in [1.165, 1.54) is 22.3 Å². The summed E-state index contributed by atoms with van der Waals surface area (Å²) in [5, 5.41) is 0. The van der Waals surface area contributed by atoms with Crippen LogP contribution in [0.5, 0.6) is 0 Å². The van der Waals surface area contributed by atoms with Crippen molar-refractivity contribution in [3.63, 3.8) is 0 Å². The maximum absolute atomic E-state index is 6.15. The molecule has 4 aliphatic rings. The maximum atomic E-state index is 6.15. The van der Waals surface area contributed by atoms with Gasteiger partial charge in [0, 0.05) is 0 Å². The van der Waals surface area contributed by atoms with Crippen LogP contribution in [0.3, 0.4) is 0 Å². The molecule has 0 unspecified atom stereocenters. The number of hydrogen-bond donors (Lipinski definition) is 0. The molecule has 6 rings (SSSR count). The zero-order chi connectivity index (χ0) is 16.4. The molecule has 0 aromatic heterocycles. The number of fused-ring (bicyclic) bond motifs is 6. The minimum Gasteiger partial charge on any atom is -0.470 e. The molecule has 4 atom stereocenters. The third-order valence-corrected chi connectivity index (χ3v) is 5.73. The number of nitrogens with zero attached hydrogens (tertiary/aromatic N) is 2. The van der Waals surface area contributed by atoms with E-state index in [0.29, 0.717) is 6.42 Å². The standard InChI is InChI=1S/C21H18N2O2/c1-3-7-14-12(5-1)9-16-20(14)24-18(22-16)11-19-23-17-10-13-6-2-4-8-15(13)21(17)25-19/h1-8,16-17,20-21H,9-11H2/t16-,17-,20+,21+/m0/s1. The zero-order valence-electron chi connectivity index (χ0n) is 13.8. The second-order valence-corrected chi connectivity index (χ2v) is 7.24. The van der Waals surface area contributed by atoms with Crippen molar-refractivity contribution in [1.82, 2.24) is 0 Å². The summed E-state index contributed by atoms with van der Waals surface area (Å²) in [6.45, 7) is 0. The van der Waals surface area contributed by atoms with Gasteiger partial charge in [0.25, 0.3) is 0 Å². The first-order valence-electron chi connectivity index (χ1n) is 8.97. The minimum atomic E-state index is 0.0772. The Labute approximate surface area is 146 Å². The molecule has 124 valence electrons. The SMILES string of the molecule is c1ccc2c(c1)C[C@@H]1N=C(CC3=N[C@H]4Cc5ccccc5[C@H]4O3)O[C@H]21. The van der Waals surface area contributed by atoms with Crippen molar-refractivity contribution in [3.8, 4) is 0 Å². The van der Waals surface area contributed by atoms with Gasteiger partial charge in [-0.15, -0.1) is 0 Å². The lowest BCUT2D eigenvalue weighted by atomic mass is 10.1. The van der Waals surface area contributed by atoms with E-state index in [9.17, 15) is 0 Å². The normalized spacial score (nSPS) is 30.6. The van der Waals surface area contributed by atoms with Crippen LogP contribution in [-0.4, -0.2) is 23.9 Å². The molecule has 0 saturated carbocycles. The van der Waals surface area contributed by atoms with E-state index in [0.717, 1.165) is 24.6 Å². The van der Waals surface area contributed by atoms with Crippen LogP contribution in [0.25, 0.3) is 0 Å². The van der Waals surface area contributed by atoms with Crippen LogP contribution >= 0.6 is 0 Å². The van der Waals surface area contributed by atoms with Crippen LogP contribution in [0.2, 0.25) is 0 Å². The fraction of sp³-hybridized carbons (Fsp3) is 0.333. The second-order valence-electron chi connectivity index (χ2n) is 7.24. The molecule has 4 nitrogen and oxygen atoms in total. The Morgan fingerprint density at radius 2 is 1.20 bits per heavy atom. The van der Waals surface area contributed by atoms with Crippen molar-refractivity contribution >= 4 is 11.8 Å². The number of benzene rings is 2. The molecule has 4 heteroatoms. The third kappa shape index (κ3) is 2.00.